The van der Waals surface area contributed by atoms with Gasteiger partial charge in [-0.25, -0.2) is 0 Å². The minimum Gasteiger partial charge on any atom is -0.383 e. The molecule has 1 aromatic carbocycles. The smallest absolute Gasteiger partial charge is 0.0340 e. The third kappa shape index (κ3) is 3.38. The van der Waals surface area contributed by atoms with Crippen molar-refractivity contribution in [3.05, 3.63) is 29.8 Å². The number of anilines is 1. The van der Waals surface area contributed by atoms with Crippen LogP contribution >= 0.6 is 0 Å². The molecule has 1 atom stereocenters. The summed E-state index contributed by atoms with van der Waals surface area (Å²) < 4.78 is 0. The molecule has 0 aliphatic carbocycles. The minimum atomic E-state index is 0.219. The number of nitrogens with two attached hydrogens (primary N) is 1. The van der Waals surface area contributed by atoms with Gasteiger partial charge in [0.1, 0.15) is 0 Å². The Labute approximate surface area is 86.5 Å². The molecule has 1 rings (SSSR count). The standard InChI is InChI=1S/C12H20N2/c1-9(2)12(13)8-14-11-6-4-10(3)5-7-11/h4-7,9,12,14H,8,13H2,1-3H3/t12-/m1/s1. The summed E-state index contributed by atoms with van der Waals surface area (Å²) in [5.74, 6) is 0.521. The molecule has 0 aliphatic heterocycles. The largest absolute Gasteiger partial charge is 0.383 e. The minimum absolute atomic E-state index is 0.219. The predicted octanol–water partition coefficient (Wildman–Crippen LogP) is 2.39. The van der Waals surface area contributed by atoms with Gasteiger partial charge in [0.25, 0.3) is 0 Å². The molecule has 0 spiro atoms. The van der Waals surface area contributed by atoms with Gasteiger partial charge in [0.2, 0.25) is 0 Å². The molecule has 2 heteroatoms. The number of hydrogen-bond donors (Lipinski definition) is 2. The number of nitrogens with one attached hydrogen (secondary N) is 1. The fourth-order valence-electron chi connectivity index (χ4n) is 1.14. The van der Waals surface area contributed by atoms with Crippen LogP contribution in [0.5, 0.6) is 0 Å². The summed E-state index contributed by atoms with van der Waals surface area (Å²) in [6.07, 6.45) is 0. The van der Waals surface area contributed by atoms with Gasteiger partial charge < -0.3 is 11.1 Å². The van der Waals surface area contributed by atoms with E-state index in [0.29, 0.717) is 5.92 Å². The molecule has 0 saturated carbocycles. The Morgan fingerprint density at radius 2 is 1.79 bits per heavy atom. The van der Waals surface area contributed by atoms with Gasteiger partial charge in [-0.2, -0.15) is 0 Å². The zero-order valence-electron chi connectivity index (χ0n) is 9.25. The predicted molar refractivity (Wildman–Crippen MR) is 62.5 cm³/mol. The maximum absolute atomic E-state index is 5.93. The number of benzene rings is 1. The second kappa shape index (κ2) is 5.01. The Balaban J connectivity index is 2.42. The van der Waals surface area contributed by atoms with Gasteiger partial charge in [0, 0.05) is 18.3 Å². The van der Waals surface area contributed by atoms with Crippen LogP contribution in [0.15, 0.2) is 24.3 Å². The van der Waals surface area contributed by atoms with Gasteiger partial charge >= 0.3 is 0 Å². The summed E-state index contributed by atoms with van der Waals surface area (Å²) in [4.78, 5) is 0. The van der Waals surface area contributed by atoms with Crippen molar-refractivity contribution in [3.8, 4) is 0 Å². The first-order valence-corrected chi connectivity index (χ1v) is 5.15. The molecule has 0 fully saturated rings. The van der Waals surface area contributed by atoms with Crippen LogP contribution in [-0.2, 0) is 0 Å². The van der Waals surface area contributed by atoms with E-state index in [1.54, 1.807) is 0 Å². The Kier molecular flexibility index (Phi) is 3.96. The Bertz CT molecular complexity index is 264. The van der Waals surface area contributed by atoms with E-state index in [2.05, 4.69) is 50.4 Å². The van der Waals surface area contributed by atoms with E-state index < -0.39 is 0 Å². The van der Waals surface area contributed by atoms with E-state index in [1.807, 2.05) is 0 Å². The first-order chi connectivity index (χ1) is 6.59. The van der Waals surface area contributed by atoms with Crippen LogP contribution in [0.1, 0.15) is 19.4 Å². The van der Waals surface area contributed by atoms with Crippen molar-refractivity contribution in [3.63, 3.8) is 0 Å². The quantitative estimate of drug-likeness (QED) is 0.768. The highest BCUT2D eigenvalue weighted by atomic mass is 14.9. The highest BCUT2D eigenvalue weighted by Crippen LogP contribution is 2.09. The van der Waals surface area contributed by atoms with Crippen molar-refractivity contribution < 1.29 is 0 Å². The zero-order chi connectivity index (χ0) is 10.6. The Morgan fingerprint density at radius 3 is 2.29 bits per heavy atom. The molecule has 0 aliphatic rings. The maximum atomic E-state index is 5.93. The zero-order valence-corrected chi connectivity index (χ0v) is 9.25. The molecule has 0 radical (unpaired) electrons. The molecule has 0 bridgehead atoms. The lowest BCUT2D eigenvalue weighted by Crippen LogP contribution is -2.33. The first kappa shape index (κ1) is 11.1. The van der Waals surface area contributed by atoms with Crippen LogP contribution in [0.3, 0.4) is 0 Å². The molecule has 0 aromatic heterocycles. The fourth-order valence-corrected chi connectivity index (χ4v) is 1.14. The van der Waals surface area contributed by atoms with Crippen molar-refractivity contribution in [1.82, 2.24) is 0 Å². The monoisotopic (exact) mass is 192 g/mol. The fraction of sp³-hybridized carbons (Fsp3) is 0.500. The van der Waals surface area contributed by atoms with Crippen LogP contribution in [0, 0.1) is 12.8 Å². The summed E-state index contributed by atoms with van der Waals surface area (Å²) in [6, 6.07) is 8.59. The average molecular weight is 192 g/mol. The number of aryl methyl sites for hydroxylation is 1. The summed E-state index contributed by atoms with van der Waals surface area (Å²) >= 11 is 0. The summed E-state index contributed by atoms with van der Waals surface area (Å²) in [6.45, 7) is 7.20. The molecule has 14 heavy (non-hydrogen) atoms. The summed E-state index contributed by atoms with van der Waals surface area (Å²) in [5.41, 5.74) is 8.36. The highest BCUT2D eigenvalue weighted by molar-refractivity contribution is 5.44. The van der Waals surface area contributed by atoms with Crippen LogP contribution in [0.25, 0.3) is 0 Å². The van der Waals surface area contributed by atoms with Gasteiger partial charge in [-0.05, 0) is 25.0 Å². The molecule has 3 N–H and O–H groups in total. The molecule has 0 heterocycles. The molecular weight excluding hydrogens is 172 g/mol. The summed E-state index contributed by atoms with van der Waals surface area (Å²) in [7, 11) is 0. The van der Waals surface area contributed by atoms with Gasteiger partial charge in [0.05, 0.1) is 0 Å². The Morgan fingerprint density at radius 1 is 1.21 bits per heavy atom. The molecular formula is C12H20N2. The Hall–Kier alpha value is -1.02. The average Bonchev–Trinajstić information content (AvgIpc) is 2.16. The molecule has 2 nitrogen and oxygen atoms in total. The van der Waals surface area contributed by atoms with Crippen LogP contribution < -0.4 is 11.1 Å². The van der Waals surface area contributed by atoms with E-state index in [4.69, 9.17) is 5.73 Å². The van der Waals surface area contributed by atoms with E-state index in [0.717, 1.165) is 12.2 Å². The van der Waals surface area contributed by atoms with Gasteiger partial charge in [0.15, 0.2) is 0 Å². The third-order valence-corrected chi connectivity index (χ3v) is 2.45. The second-order valence-electron chi connectivity index (χ2n) is 4.15. The lowest BCUT2D eigenvalue weighted by molar-refractivity contribution is 0.511. The van der Waals surface area contributed by atoms with E-state index in [1.165, 1.54) is 5.56 Å². The number of rotatable bonds is 4. The second-order valence-corrected chi connectivity index (χ2v) is 4.15. The van der Waals surface area contributed by atoms with Crippen LogP contribution in [0.4, 0.5) is 5.69 Å². The normalized spacial score (nSPS) is 12.9. The van der Waals surface area contributed by atoms with Crippen molar-refractivity contribution in [1.29, 1.82) is 0 Å². The van der Waals surface area contributed by atoms with Crippen LogP contribution in [0.2, 0.25) is 0 Å². The molecule has 78 valence electrons. The number of hydrogen-bond acceptors (Lipinski definition) is 2. The summed E-state index contributed by atoms with van der Waals surface area (Å²) in [5, 5.41) is 3.33. The maximum Gasteiger partial charge on any atom is 0.0340 e. The highest BCUT2D eigenvalue weighted by Gasteiger charge is 2.06. The van der Waals surface area contributed by atoms with Crippen molar-refractivity contribution in [2.45, 2.75) is 26.8 Å². The van der Waals surface area contributed by atoms with Crippen molar-refractivity contribution >= 4 is 5.69 Å². The van der Waals surface area contributed by atoms with E-state index in [9.17, 15) is 0 Å². The van der Waals surface area contributed by atoms with Crippen LogP contribution in [-0.4, -0.2) is 12.6 Å². The van der Waals surface area contributed by atoms with E-state index in [-0.39, 0.29) is 6.04 Å². The lowest BCUT2D eigenvalue weighted by atomic mass is 10.1. The molecule has 0 amide bonds. The topological polar surface area (TPSA) is 38.0 Å². The molecule has 0 unspecified atom stereocenters. The molecule has 1 aromatic rings. The van der Waals surface area contributed by atoms with E-state index >= 15 is 0 Å². The van der Waals surface area contributed by atoms with Gasteiger partial charge in [-0.15, -0.1) is 0 Å². The molecule has 0 saturated heterocycles. The van der Waals surface area contributed by atoms with Gasteiger partial charge in [-0.3, -0.25) is 0 Å². The third-order valence-electron chi connectivity index (χ3n) is 2.45. The van der Waals surface area contributed by atoms with Gasteiger partial charge in [-0.1, -0.05) is 31.5 Å². The van der Waals surface area contributed by atoms with Crippen molar-refractivity contribution in [2.75, 3.05) is 11.9 Å². The van der Waals surface area contributed by atoms with Crippen molar-refractivity contribution in [2.24, 2.45) is 11.7 Å². The lowest BCUT2D eigenvalue weighted by Gasteiger charge is -2.16. The first-order valence-electron chi connectivity index (χ1n) is 5.15. The SMILES string of the molecule is Cc1ccc(NC[C@@H](N)C(C)C)cc1.